The van der Waals surface area contributed by atoms with Crippen LogP contribution in [0.5, 0.6) is 0 Å². The molecule has 0 spiro atoms. The summed E-state index contributed by atoms with van der Waals surface area (Å²) in [5, 5.41) is 7.34. The number of furan rings is 1. The Labute approximate surface area is 339 Å². The van der Waals surface area contributed by atoms with Crippen LogP contribution in [0.25, 0.3) is 86.3 Å². The van der Waals surface area contributed by atoms with Gasteiger partial charge in [0.1, 0.15) is 11.2 Å². The number of thiophene rings is 1. The lowest BCUT2D eigenvalue weighted by Gasteiger charge is -2.29. The van der Waals surface area contributed by atoms with E-state index in [0.29, 0.717) is 0 Å². The number of fused-ring (bicyclic) bond motifs is 9. The van der Waals surface area contributed by atoms with Crippen LogP contribution in [-0.2, 0) is 0 Å². The van der Waals surface area contributed by atoms with E-state index in [-0.39, 0.29) is 0 Å². The summed E-state index contributed by atoms with van der Waals surface area (Å²) in [6.45, 7) is 0. The highest BCUT2D eigenvalue weighted by Crippen LogP contribution is 2.46. The smallest absolute Gasteiger partial charge is 0.137 e. The van der Waals surface area contributed by atoms with E-state index in [2.05, 4.69) is 198 Å². The molecule has 0 saturated heterocycles. The van der Waals surface area contributed by atoms with E-state index in [0.717, 1.165) is 51.9 Å². The number of nitrogens with zero attached hydrogens (tertiary/aromatic N) is 2. The summed E-state index contributed by atoms with van der Waals surface area (Å²) in [4.78, 5) is 2.43. The highest BCUT2D eigenvalue weighted by atomic mass is 32.1. The molecule has 0 bridgehead atoms. The number of hydrogen-bond acceptors (Lipinski definition) is 3. The van der Waals surface area contributed by atoms with Gasteiger partial charge >= 0.3 is 0 Å². The van der Waals surface area contributed by atoms with Crippen molar-refractivity contribution in [3.63, 3.8) is 0 Å². The Kier molecular flexibility index (Phi) is 7.54. The van der Waals surface area contributed by atoms with Crippen LogP contribution in [0.1, 0.15) is 18.4 Å². The van der Waals surface area contributed by atoms with Gasteiger partial charge in [0, 0.05) is 59.0 Å². The molecule has 11 aromatic rings. The Balaban J connectivity index is 1.06. The number of allylic oxidation sites excluding steroid dienone is 3. The van der Waals surface area contributed by atoms with Gasteiger partial charge in [-0.2, -0.15) is 0 Å². The third-order valence-electron chi connectivity index (χ3n) is 11.9. The summed E-state index contributed by atoms with van der Waals surface area (Å²) < 4.78 is 11.5. The molecule has 274 valence electrons. The lowest BCUT2D eigenvalue weighted by Crippen LogP contribution is -2.17. The zero-order chi connectivity index (χ0) is 38.2. The van der Waals surface area contributed by atoms with Crippen molar-refractivity contribution in [3.8, 4) is 16.8 Å². The predicted octanol–water partition coefficient (Wildman–Crippen LogP) is 15.6. The molecule has 0 fully saturated rings. The summed E-state index contributed by atoms with van der Waals surface area (Å²) in [6, 6.07) is 66.0. The minimum atomic E-state index is 0.887. The molecular formula is C54H36N2OS. The van der Waals surface area contributed by atoms with E-state index >= 15 is 0 Å². The first-order chi connectivity index (χ1) is 28.8. The van der Waals surface area contributed by atoms with Gasteiger partial charge in [0.2, 0.25) is 0 Å². The van der Waals surface area contributed by atoms with Crippen LogP contribution in [-0.4, -0.2) is 4.57 Å². The van der Waals surface area contributed by atoms with Crippen molar-refractivity contribution in [2.75, 3.05) is 4.90 Å². The number of benzene rings is 8. The van der Waals surface area contributed by atoms with Crippen LogP contribution < -0.4 is 4.90 Å². The standard InChI is InChI=1S/C54H36N2OS/c1-2-14-35(15-3-1)37-16-12-17-39(32-37)55(49-24-13-26-51-53(49)44-21-6-10-25-50(44)57-51)38-30-28-36(29-31-38)45-33-40(34-46-43-20-7-11-27-52(43)58-54(45)46)56-47-22-8-4-18-41(47)42-19-5-9-23-48(42)56/h1-11,13-15,17-34H,12,16H2. The van der Waals surface area contributed by atoms with Crippen molar-refractivity contribution in [1.29, 1.82) is 0 Å². The highest BCUT2D eigenvalue weighted by Gasteiger charge is 2.23. The highest BCUT2D eigenvalue weighted by molar-refractivity contribution is 7.26. The molecule has 1 aliphatic carbocycles. The molecule has 3 heterocycles. The van der Waals surface area contributed by atoms with Gasteiger partial charge in [0.05, 0.1) is 22.1 Å². The third kappa shape index (κ3) is 5.19. The number of hydrogen-bond donors (Lipinski definition) is 0. The molecule has 0 radical (unpaired) electrons. The molecule has 0 unspecified atom stereocenters. The van der Waals surface area contributed by atoms with Crippen molar-refractivity contribution < 1.29 is 4.42 Å². The molecule has 58 heavy (non-hydrogen) atoms. The van der Waals surface area contributed by atoms with Crippen LogP contribution >= 0.6 is 11.3 Å². The van der Waals surface area contributed by atoms with Gasteiger partial charge in [0.15, 0.2) is 0 Å². The summed E-state index contributed by atoms with van der Waals surface area (Å²) >= 11 is 1.88. The summed E-state index contributed by atoms with van der Waals surface area (Å²) in [5.74, 6) is 0. The molecule has 3 nitrogen and oxygen atoms in total. The fraction of sp³-hybridized carbons (Fsp3) is 0.0370. The van der Waals surface area contributed by atoms with E-state index in [4.69, 9.17) is 4.42 Å². The minimum Gasteiger partial charge on any atom is -0.456 e. The van der Waals surface area contributed by atoms with Gasteiger partial charge < -0.3 is 13.9 Å². The Morgan fingerprint density at radius 2 is 1.21 bits per heavy atom. The zero-order valence-corrected chi connectivity index (χ0v) is 32.4. The second kappa shape index (κ2) is 13.2. The van der Waals surface area contributed by atoms with Gasteiger partial charge in [-0.15, -0.1) is 11.3 Å². The van der Waals surface area contributed by atoms with Crippen LogP contribution in [0.2, 0.25) is 0 Å². The molecule has 8 aromatic carbocycles. The molecule has 0 atom stereocenters. The average molecular weight is 761 g/mol. The predicted molar refractivity (Wildman–Crippen MR) is 247 cm³/mol. The maximum atomic E-state index is 6.43. The second-order valence-corrected chi connectivity index (χ2v) is 16.2. The zero-order valence-electron chi connectivity index (χ0n) is 31.6. The molecule has 0 aliphatic heterocycles. The third-order valence-corrected chi connectivity index (χ3v) is 13.1. The molecule has 0 N–H and O–H groups in total. The van der Waals surface area contributed by atoms with Gasteiger partial charge in [0.25, 0.3) is 0 Å². The van der Waals surface area contributed by atoms with E-state index in [1.165, 1.54) is 69.9 Å². The van der Waals surface area contributed by atoms with Crippen molar-refractivity contribution in [3.05, 3.63) is 205 Å². The van der Waals surface area contributed by atoms with E-state index in [9.17, 15) is 0 Å². The fourth-order valence-corrected chi connectivity index (χ4v) is 10.5. The Hall–Kier alpha value is -7.14. The molecule has 0 saturated carbocycles. The van der Waals surface area contributed by atoms with Crippen molar-refractivity contribution >= 4 is 92.2 Å². The van der Waals surface area contributed by atoms with Crippen molar-refractivity contribution in [2.45, 2.75) is 12.8 Å². The van der Waals surface area contributed by atoms with E-state index < -0.39 is 0 Å². The van der Waals surface area contributed by atoms with E-state index in [1.807, 2.05) is 17.4 Å². The number of para-hydroxylation sites is 3. The van der Waals surface area contributed by atoms with Crippen LogP contribution in [0.3, 0.4) is 0 Å². The molecule has 3 aromatic heterocycles. The average Bonchev–Trinajstić information content (AvgIpc) is 3.97. The molecule has 4 heteroatoms. The minimum absolute atomic E-state index is 0.887. The van der Waals surface area contributed by atoms with Crippen LogP contribution in [0, 0.1) is 0 Å². The lowest BCUT2D eigenvalue weighted by atomic mass is 9.95. The topological polar surface area (TPSA) is 21.3 Å². The maximum absolute atomic E-state index is 6.43. The second-order valence-electron chi connectivity index (χ2n) is 15.2. The Morgan fingerprint density at radius 3 is 2.00 bits per heavy atom. The monoisotopic (exact) mass is 760 g/mol. The van der Waals surface area contributed by atoms with Gasteiger partial charge in [-0.05, 0) is 96.3 Å². The number of rotatable bonds is 6. The number of anilines is 2. The Bertz CT molecular complexity index is 3400. The van der Waals surface area contributed by atoms with Crippen molar-refractivity contribution in [1.82, 2.24) is 4.57 Å². The first-order valence-corrected chi connectivity index (χ1v) is 20.8. The number of aromatic nitrogens is 1. The summed E-state index contributed by atoms with van der Waals surface area (Å²) in [7, 11) is 0. The normalized spacial score (nSPS) is 13.2. The first kappa shape index (κ1) is 33.0. The Morgan fingerprint density at radius 1 is 0.534 bits per heavy atom. The van der Waals surface area contributed by atoms with Gasteiger partial charge in [-0.25, -0.2) is 0 Å². The van der Waals surface area contributed by atoms with Gasteiger partial charge in [-0.1, -0.05) is 127 Å². The SMILES string of the molecule is C1=C(c2ccccc2)CCC=C1N(c1ccc(-c2cc(-n3c4ccccc4c4ccccc43)cc3c2sc2ccccc23)cc1)c1cccc2oc3ccccc3c12. The summed E-state index contributed by atoms with van der Waals surface area (Å²) in [6.07, 6.45) is 6.74. The fourth-order valence-electron chi connectivity index (χ4n) is 9.24. The molecule has 1 aliphatic rings. The maximum Gasteiger partial charge on any atom is 0.137 e. The van der Waals surface area contributed by atoms with Crippen LogP contribution in [0.15, 0.2) is 204 Å². The van der Waals surface area contributed by atoms with Crippen LogP contribution in [0.4, 0.5) is 11.4 Å². The van der Waals surface area contributed by atoms with Crippen molar-refractivity contribution in [2.24, 2.45) is 0 Å². The van der Waals surface area contributed by atoms with E-state index in [1.54, 1.807) is 0 Å². The lowest BCUT2D eigenvalue weighted by molar-refractivity contribution is 0.669. The quantitative estimate of drug-likeness (QED) is 0.168. The summed E-state index contributed by atoms with van der Waals surface area (Å²) in [5.41, 5.74) is 13.8. The molecule has 0 amide bonds. The first-order valence-electron chi connectivity index (χ1n) is 20.0. The van der Waals surface area contributed by atoms with Gasteiger partial charge in [-0.3, -0.25) is 0 Å². The largest absolute Gasteiger partial charge is 0.456 e. The molecule has 12 rings (SSSR count). The molecular weight excluding hydrogens is 725 g/mol.